The van der Waals surface area contributed by atoms with Crippen LogP contribution in [0.15, 0.2) is 0 Å². The summed E-state index contributed by atoms with van der Waals surface area (Å²) in [5.74, 6) is 0.0000525. The maximum atomic E-state index is 11.4. The van der Waals surface area contributed by atoms with Crippen LogP contribution in [0.1, 0.15) is 90.9 Å². The fraction of sp³-hybridized carbons (Fsp3) is 0.938. The zero-order valence-electron chi connectivity index (χ0n) is 13.2. The number of hydrogen-bond acceptors (Lipinski definition) is 2. The van der Waals surface area contributed by atoms with E-state index in [1.165, 1.54) is 57.8 Å². The van der Waals surface area contributed by atoms with E-state index in [4.69, 9.17) is 4.74 Å². The van der Waals surface area contributed by atoms with Gasteiger partial charge in [-0.05, 0) is 12.8 Å². The fourth-order valence-corrected chi connectivity index (χ4v) is 2.01. The molecule has 0 heterocycles. The van der Waals surface area contributed by atoms with Crippen LogP contribution in [0.2, 0.25) is 0 Å². The molecule has 3 heteroatoms. The SMILES string of the molecule is CCCCCCCCCC(=O)OCCCCCC.[Zn]. The molecule has 0 fully saturated rings. The van der Waals surface area contributed by atoms with E-state index in [2.05, 4.69) is 13.8 Å². The monoisotopic (exact) mass is 320 g/mol. The summed E-state index contributed by atoms with van der Waals surface area (Å²) < 4.78 is 5.19. The van der Waals surface area contributed by atoms with Crippen molar-refractivity contribution in [2.45, 2.75) is 90.9 Å². The molecule has 0 radical (unpaired) electrons. The van der Waals surface area contributed by atoms with Crippen LogP contribution in [-0.4, -0.2) is 12.6 Å². The number of esters is 1. The van der Waals surface area contributed by atoms with E-state index in [1.807, 2.05) is 0 Å². The second-order valence-corrected chi connectivity index (χ2v) is 5.15. The standard InChI is InChI=1S/C16H32O2.Zn/c1-3-5-7-9-10-11-12-14-16(17)18-15-13-8-6-4-2;/h3-15H2,1-2H3;. The first kappa shape index (κ1) is 21.4. The number of carbonyl (C=O) groups excluding carboxylic acids is 1. The average Bonchev–Trinajstić information content (AvgIpc) is 2.37. The second kappa shape index (κ2) is 18.1. The van der Waals surface area contributed by atoms with Gasteiger partial charge in [0, 0.05) is 25.9 Å². The predicted octanol–water partition coefficient (Wildman–Crippen LogP) is 5.25. The number of ether oxygens (including phenoxy) is 1. The molecule has 0 amide bonds. The zero-order chi connectivity index (χ0) is 13.5. The third kappa shape index (κ3) is 18.1. The van der Waals surface area contributed by atoms with Crippen molar-refractivity contribution >= 4 is 5.97 Å². The van der Waals surface area contributed by atoms with Gasteiger partial charge in [-0.25, -0.2) is 0 Å². The van der Waals surface area contributed by atoms with Gasteiger partial charge in [0.05, 0.1) is 6.61 Å². The third-order valence-corrected chi connectivity index (χ3v) is 3.25. The first-order valence-corrected chi connectivity index (χ1v) is 7.96. The molecular formula is C16H32O2Zn. The van der Waals surface area contributed by atoms with Crippen LogP contribution in [0.25, 0.3) is 0 Å². The van der Waals surface area contributed by atoms with Gasteiger partial charge < -0.3 is 4.74 Å². The molecule has 0 spiro atoms. The molecule has 0 bridgehead atoms. The fourth-order valence-electron chi connectivity index (χ4n) is 2.01. The molecule has 0 aliphatic carbocycles. The first-order valence-electron chi connectivity index (χ1n) is 7.96. The largest absolute Gasteiger partial charge is 0.466 e. The Balaban J connectivity index is 0. The molecule has 0 aliphatic heterocycles. The zero-order valence-corrected chi connectivity index (χ0v) is 16.2. The van der Waals surface area contributed by atoms with Gasteiger partial charge in [-0.15, -0.1) is 0 Å². The molecular weight excluding hydrogens is 290 g/mol. The number of rotatable bonds is 13. The van der Waals surface area contributed by atoms with Crippen molar-refractivity contribution in [3.63, 3.8) is 0 Å². The molecule has 2 nitrogen and oxygen atoms in total. The van der Waals surface area contributed by atoms with Gasteiger partial charge in [0.15, 0.2) is 0 Å². The van der Waals surface area contributed by atoms with Crippen LogP contribution in [0.3, 0.4) is 0 Å². The van der Waals surface area contributed by atoms with Gasteiger partial charge >= 0.3 is 5.97 Å². The number of hydrogen-bond donors (Lipinski definition) is 0. The van der Waals surface area contributed by atoms with Crippen LogP contribution < -0.4 is 0 Å². The smallest absolute Gasteiger partial charge is 0.305 e. The Morgan fingerprint density at radius 2 is 1.21 bits per heavy atom. The molecule has 19 heavy (non-hydrogen) atoms. The van der Waals surface area contributed by atoms with Crippen molar-refractivity contribution in [3.05, 3.63) is 0 Å². The maximum absolute atomic E-state index is 11.4. The summed E-state index contributed by atoms with van der Waals surface area (Å²) in [5.41, 5.74) is 0. The minimum atomic E-state index is 0. The van der Waals surface area contributed by atoms with E-state index < -0.39 is 0 Å². The summed E-state index contributed by atoms with van der Waals surface area (Å²) in [4.78, 5) is 11.4. The van der Waals surface area contributed by atoms with Gasteiger partial charge in [0.2, 0.25) is 0 Å². The summed E-state index contributed by atoms with van der Waals surface area (Å²) in [6.07, 6.45) is 14.0. The average molecular weight is 322 g/mol. The Morgan fingerprint density at radius 1 is 0.737 bits per heavy atom. The van der Waals surface area contributed by atoms with Gasteiger partial charge in [-0.3, -0.25) is 4.79 Å². The van der Waals surface area contributed by atoms with E-state index in [1.54, 1.807) is 0 Å². The molecule has 0 saturated heterocycles. The van der Waals surface area contributed by atoms with E-state index in [0.717, 1.165) is 12.8 Å². The van der Waals surface area contributed by atoms with Crippen molar-refractivity contribution in [2.24, 2.45) is 0 Å². The molecule has 0 aromatic rings. The Kier molecular flexibility index (Phi) is 20.4. The summed E-state index contributed by atoms with van der Waals surface area (Å²) in [7, 11) is 0. The van der Waals surface area contributed by atoms with Crippen LogP contribution >= 0.6 is 0 Å². The minimum Gasteiger partial charge on any atom is -0.466 e. The molecule has 0 unspecified atom stereocenters. The molecule has 0 aromatic heterocycles. The van der Waals surface area contributed by atoms with Crippen molar-refractivity contribution in [1.29, 1.82) is 0 Å². The number of unbranched alkanes of at least 4 members (excludes halogenated alkanes) is 9. The Hall–Kier alpha value is 0.0934. The van der Waals surface area contributed by atoms with Gasteiger partial charge in [-0.1, -0.05) is 71.6 Å². The quantitative estimate of drug-likeness (QED) is 0.263. The third-order valence-electron chi connectivity index (χ3n) is 3.25. The molecule has 0 rings (SSSR count). The molecule has 0 aromatic carbocycles. The van der Waals surface area contributed by atoms with Crippen molar-refractivity contribution in [2.75, 3.05) is 6.61 Å². The molecule has 0 atom stereocenters. The van der Waals surface area contributed by atoms with Crippen LogP contribution in [0, 0.1) is 0 Å². The van der Waals surface area contributed by atoms with Gasteiger partial charge in [0.25, 0.3) is 0 Å². The number of carbonyl (C=O) groups is 1. The Labute approximate surface area is 132 Å². The van der Waals surface area contributed by atoms with E-state index in [9.17, 15) is 4.79 Å². The van der Waals surface area contributed by atoms with E-state index in [-0.39, 0.29) is 25.4 Å². The van der Waals surface area contributed by atoms with Crippen molar-refractivity contribution < 1.29 is 29.0 Å². The maximum Gasteiger partial charge on any atom is 0.305 e. The molecule has 110 valence electrons. The summed E-state index contributed by atoms with van der Waals surface area (Å²) in [6.45, 7) is 5.04. The summed E-state index contributed by atoms with van der Waals surface area (Å²) >= 11 is 0. The Morgan fingerprint density at radius 3 is 1.79 bits per heavy atom. The Bertz CT molecular complexity index is 184. The molecule has 0 N–H and O–H groups in total. The van der Waals surface area contributed by atoms with E-state index in [0.29, 0.717) is 13.0 Å². The van der Waals surface area contributed by atoms with Crippen LogP contribution in [-0.2, 0) is 29.0 Å². The van der Waals surface area contributed by atoms with Crippen LogP contribution in [0.5, 0.6) is 0 Å². The van der Waals surface area contributed by atoms with Crippen molar-refractivity contribution in [3.8, 4) is 0 Å². The predicted molar refractivity (Wildman–Crippen MR) is 77.7 cm³/mol. The van der Waals surface area contributed by atoms with Crippen LogP contribution in [0.4, 0.5) is 0 Å². The van der Waals surface area contributed by atoms with Gasteiger partial charge in [0.1, 0.15) is 0 Å². The minimum absolute atomic E-state index is 0. The van der Waals surface area contributed by atoms with Crippen molar-refractivity contribution in [1.82, 2.24) is 0 Å². The first-order chi connectivity index (χ1) is 8.81. The summed E-state index contributed by atoms with van der Waals surface area (Å²) in [5, 5.41) is 0. The molecule has 0 aliphatic rings. The molecule has 0 saturated carbocycles. The normalized spacial score (nSPS) is 10.0. The topological polar surface area (TPSA) is 26.3 Å². The van der Waals surface area contributed by atoms with E-state index >= 15 is 0 Å². The summed E-state index contributed by atoms with van der Waals surface area (Å²) in [6, 6.07) is 0. The second-order valence-electron chi connectivity index (χ2n) is 5.15. The van der Waals surface area contributed by atoms with Gasteiger partial charge in [-0.2, -0.15) is 0 Å².